The SMILES string of the molecule is CN1CCC[C@H]1CCC[C@@H]1CCCN1C. The third-order valence-electron chi connectivity index (χ3n) is 4.42. The Labute approximate surface area is 94.6 Å². The predicted molar refractivity (Wildman–Crippen MR) is 65.2 cm³/mol. The molecule has 2 saturated heterocycles. The predicted octanol–water partition coefficient (Wildman–Crippen LogP) is 2.35. The Morgan fingerprint density at radius 3 is 1.67 bits per heavy atom. The molecule has 0 saturated carbocycles. The first-order valence-corrected chi connectivity index (χ1v) is 6.68. The molecular formula is C13H26N2. The fraction of sp³-hybridized carbons (Fsp3) is 1.00. The van der Waals surface area contributed by atoms with Crippen LogP contribution >= 0.6 is 0 Å². The van der Waals surface area contributed by atoms with E-state index in [1.165, 1.54) is 58.0 Å². The van der Waals surface area contributed by atoms with Gasteiger partial charge in [0.2, 0.25) is 0 Å². The number of likely N-dealkylation sites (tertiary alicyclic amines) is 2. The van der Waals surface area contributed by atoms with Crippen LogP contribution in [0.4, 0.5) is 0 Å². The molecule has 2 rings (SSSR count). The average molecular weight is 210 g/mol. The van der Waals surface area contributed by atoms with Crippen LogP contribution < -0.4 is 0 Å². The van der Waals surface area contributed by atoms with Crippen molar-refractivity contribution in [3.8, 4) is 0 Å². The second kappa shape index (κ2) is 5.31. The normalized spacial score (nSPS) is 34.0. The highest BCUT2D eigenvalue weighted by atomic mass is 15.2. The summed E-state index contributed by atoms with van der Waals surface area (Å²) in [6.45, 7) is 2.65. The van der Waals surface area contributed by atoms with Crippen molar-refractivity contribution in [2.45, 2.75) is 57.0 Å². The molecule has 2 aliphatic heterocycles. The third-order valence-corrected chi connectivity index (χ3v) is 4.42. The van der Waals surface area contributed by atoms with E-state index < -0.39 is 0 Å². The van der Waals surface area contributed by atoms with Gasteiger partial charge in [-0.05, 0) is 65.7 Å². The van der Waals surface area contributed by atoms with E-state index in [2.05, 4.69) is 23.9 Å². The molecule has 2 atom stereocenters. The quantitative estimate of drug-likeness (QED) is 0.703. The van der Waals surface area contributed by atoms with Gasteiger partial charge in [-0.25, -0.2) is 0 Å². The van der Waals surface area contributed by atoms with E-state index >= 15 is 0 Å². The van der Waals surface area contributed by atoms with Gasteiger partial charge in [-0.2, -0.15) is 0 Å². The highest BCUT2D eigenvalue weighted by Gasteiger charge is 2.23. The van der Waals surface area contributed by atoms with Gasteiger partial charge >= 0.3 is 0 Å². The summed E-state index contributed by atoms with van der Waals surface area (Å²) in [5, 5.41) is 0. The highest BCUT2D eigenvalue weighted by molar-refractivity contribution is 4.79. The molecule has 2 aliphatic rings. The topological polar surface area (TPSA) is 6.48 Å². The molecule has 0 aromatic carbocycles. The molecule has 0 N–H and O–H groups in total. The zero-order valence-corrected chi connectivity index (χ0v) is 10.4. The maximum absolute atomic E-state index is 2.55. The van der Waals surface area contributed by atoms with E-state index in [0.717, 1.165) is 12.1 Å². The lowest BCUT2D eigenvalue weighted by molar-refractivity contribution is 0.260. The van der Waals surface area contributed by atoms with Gasteiger partial charge in [0.25, 0.3) is 0 Å². The monoisotopic (exact) mass is 210 g/mol. The lowest BCUT2D eigenvalue weighted by Gasteiger charge is -2.22. The summed E-state index contributed by atoms with van der Waals surface area (Å²) < 4.78 is 0. The molecule has 2 nitrogen and oxygen atoms in total. The van der Waals surface area contributed by atoms with Crippen LogP contribution in [0.15, 0.2) is 0 Å². The van der Waals surface area contributed by atoms with Gasteiger partial charge < -0.3 is 9.80 Å². The van der Waals surface area contributed by atoms with Gasteiger partial charge in [0.1, 0.15) is 0 Å². The molecule has 0 aliphatic carbocycles. The molecule has 2 fully saturated rings. The zero-order chi connectivity index (χ0) is 10.7. The summed E-state index contributed by atoms with van der Waals surface area (Å²) >= 11 is 0. The van der Waals surface area contributed by atoms with Crippen LogP contribution in [0.2, 0.25) is 0 Å². The minimum absolute atomic E-state index is 0.900. The molecule has 15 heavy (non-hydrogen) atoms. The van der Waals surface area contributed by atoms with Crippen molar-refractivity contribution in [2.24, 2.45) is 0 Å². The van der Waals surface area contributed by atoms with E-state index in [-0.39, 0.29) is 0 Å². The lowest BCUT2D eigenvalue weighted by atomic mass is 10.0. The Hall–Kier alpha value is -0.0800. The molecule has 0 aromatic rings. The number of nitrogens with zero attached hydrogens (tertiary/aromatic N) is 2. The van der Waals surface area contributed by atoms with Crippen LogP contribution in [-0.4, -0.2) is 49.1 Å². The lowest BCUT2D eigenvalue weighted by Crippen LogP contribution is -2.27. The first-order valence-electron chi connectivity index (χ1n) is 6.68. The second-order valence-corrected chi connectivity index (χ2v) is 5.48. The maximum Gasteiger partial charge on any atom is 0.00926 e. The van der Waals surface area contributed by atoms with E-state index in [4.69, 9.17) is 0 Å². The molecule has 2 heterocycles. The first kappa shape index (κ1) is 11.4. The molecule has 0 amide bonds. The summed E-state index contributed by atoms with van der Waals surface area (Å²) in [6, 6.07) is 1.80. The van der Waals surface area contributed by atoms with Gasteiger partial charge in [-0.3, -0.25) is 0 Å². The molecule has 88 valence electrons. The zero-order valence-electron chi connectivity index (χ0n) is 10.4. The second-order valence-electron chi connectivity index (χ2n) is 5.48. The van der Waals surface area contributed by atoms with Crippen LogP contribution in [0, 0.1) is 0 Å². The Bertz CT molecular complexity index is 173. The van der Waals surface area contributed by atoms with Crippen molar-refractivity contribution in [2.75, 3.05) is 27.2 Å². The summed E-state index contributed by atoms with van der Waals surface area (Å²) in [7, 11) is 4.58. The van der Waals surface area contributed by atoms with Gasteiger partial charge in [-0.15, -0.1) is 0 Å². The number of rotatable bonds is 4. The Balaban J connectivity index is 1.62. The van der Waals surface area contributed by atoms with Crippen LogP contribution in [0.1, 0.15) is 44.9 Å². The minimum Gasteiger partial charge on any atom is -0.303 e. The van der Waals surface area contributed by atoms with Crippen LogP contribution in [0.3, 0.4) is 0 Å². The molecule has 0 aromatic heterocycles. The largest absolute Gasteiger partial charge is 0.303 e. The molecule has 0 radical (unpaired) electrons. The molecule has 0 spiro atoms. The minimum atomic E-state index is 0.900. The Kier molecular flexibility index (Phi) is 4.04. The number of hydrogen-bond donors (Lipinski definition) is 0. The standard InChI is InChI=1S/C13H26N2/c1-14-10-4-8-12(14)6-3-7-13-9-5-11-15(13)2/h12-13H,3-11H2,1-2H3/t12-,13-/m1/s1. The van der Waals surface area contributed by atoms with Crippen LogP contribution in [0.25, 0.3) is 0 Å². The van der Waals surface area contributed by atoms with E-state index in [1.54, 1.807) is 0 Å². The molecular weight excluding hydrogens is 184 g/mol. The van der Waals surface area contributed by atoms with Crippen molar-refractivity contribution in [1.82, 2.24) is 9.80 Å². The summed E-state index contributed by atoms with van der Waals surface area (Å²) in [5.74, 6) is 0. The van der Waals surface area contributed by atoms with Gasteiger partial charge in [0.05, 0.1) is 0 Å². The summed E-state index contributed by atoms with van der Waals surface area (Å²) in [4.78, 5) is 5.11. The molecule has 0 unspecified atom stereocenters. The molecule has 0 bridgehead atoms. The van der Waals surface area contributed by atoms with Gasteiger partial charge in [0.15, 0.2) is 0 Å². The van der Waals surface area contributed by atoms with E-state index in [9.17, 15) is 0 Å². The van der Waals surface area contributed by atoms with Crippen molar-refractivity contribution in [1.29, 1.82) is 0 Å². The van der Waals surface area contributed by atoms with Gasteiger partial charge in [0, 0.05) is 12.1 Å². The van der Waals surface area contributed by atoms with E-state index in [0.29, 0.717) is 0 Å². The van der Waals surface area contributed by atoms with Crippen LogP contribution in [-0.2, 0) is 0 Å². The van der Waals surface area contributed by atoms with E-state index in [1.807, 2.05) is 0 Å². The average Bonchev–Trinajstić information content (AvgIpc) is 2.78. The van der Waals surface area contributed by atoms with Gasteiger partial charge in [-0.1, -0.05) is 6.42 Å². The van der Waals surface area contributed by atoms with Crippen molar-refractivity contribution in [3.63, 3.8) is 0 Å². The van der Waals surface area contributed by atoms with Crippen molar-refractivity contribution >= 4 is 0 Å². The first-order chi connectivity index (χ1) is 7.27. The van der Waals surface area contributed by atoms with Crippen LogP contribution in [0.5, 0.6) is 0 Å². The maximum atomic E-state index is 2.55. The van der Waals surface area contributed by atoms with Crippen molar-refractivity contribution < 1.29 is 0 Å². The molecule has 2 heteroatoms. The Morgan fingerprint density at radius 2 is 1.33 bits per heavy atom. The fourth-order valence-corrected chi connectivity index (χ4v) is 3.28. The van der Waals surface area contributed by atoms with Crippen molar-refractivity contribution in [3.05, 3.63) is 0 Å². The number of hydrogen-bond acceptors (Lipinski definition) is 2. The third kappa shape index (κ3) is 2.94. The summed E-state index contributed by atoms with van der Waals surface area (Å²) in [5.41, 5.74) is 0. The Morgan fingerprint density at radius 1 is 0.867 bits per heavy atom. The summed E-state index contributed by atoms with van der Waals surface area (Å²) in [6.07, 6.45) is 10.0. The highest BCUT2D eigenvalue weighted by Crippen LogP contribution is 2.24. The smallest absolute Gasteiger partial charge is 0.00926 e. The fourth-order valence-electron chi connectivity index (χ4n) is 3.28.